The quantitative estimate of drug-likeness (QED) is 0.909. The zero-order chi connectivity index (χ0) is 14.5. The van der Waals surface area contributed by atoms with Crippen molar-refractivity contribution in [3.63, 3.8) is 0 Å². The highest BCUT2D eigenvalue weighted by atomic mass is 16.5. The molecule has 1 aromatic carbocycles. The number of carbonyl (C=O) groups excluding carboxylic acids is 1. The lowest BCUT2D eigenvalue weighted by Gasteiger charge is -2.13. The topological polar surface area (TPSA) is 68.0 Å². The zero-order valence-corrected chi connectivity index (χ0v) is 12.0. The molecule has 20 heavy (non-hydrogen) atoms. The number of hydrogen-bond donors (Lipinski definition) is 1. The van der Waals surface area contributed by atoms with Crippen LogP contribution < -0.4 is 5.32 Å². The normalized spacial score (nSPS) is 10.8. The first-order valence-corrected chi connectivity index (χ1v) is 6.74. The van der Waals surface area contributed by atoms with Crippen LogP contribution in [0.25, 0.3) is 0 Å². The Morgan fingerprint density at radius 1 is 1.35 bits per heavy atom. The van der Waals surface area contributed by atoms with Crippen LogP contribution in [0.4, 0.5) is 5.69 Å². The molecule has 1 amide bonds. The number of anilines is 1. The highest BCUT2D eigenvalue weighted by Gasteiger charge is 2.11. The van der Waals surface area contributed by atoms with Gasteiger partial charge >= 0.3 is 0 Å². The van der Waals surface area contributed by atoms with E-state index in [2.05, 4.69) is 29.3 Å². The van der Waals surface area contributed by atoms with Crippen LogP contribution in [0.2, 0.25) is 0 Å². The molecule has 5 heteroatoms. The van der Waals surface area contributed by atoms with Gasteiger partial charge in [0, 0.05) is 18.5 Å². The largest absolute Gasteiger partial charge is 0.339 e. The van der Waals surface area contributed by atoms with Gasteiger partial charge in [-0.25, -0.2) is 0 Å². The van der Waals surface area contributed by atoms with E-state index in [1.54, 1.807) is 6.92 Å². The summed E-state index contributed by atoms with van der Waals surface area (Å²) in [6, 6.07) is 7.85. The Kier molecular flexibility index (Phi) is 4.50. The van der Waals surface area contributed by atoms with Crippen molar-refractivity contribution in [1.29, 1.82) is 0 Å². The van der Waals surface area contributed by atoms with E-state index in [4.69, 9.17) is 4.52 Å². The van der Waals surface area contributed by atoms with E-state index >= 15 is 0 Å². The van der Waals surface area contributed by atoms with Gasteiger partial charge in [-0.2, -0.15) is 4.98 Å². The van der Waals surface area contributed by atoms with E-state index < -0.39 is 0 Å². The number of aromatic nitrogens is 2. The number of nitrogens with zero attached hydrogens (tertiary/aromatic N) is 2. The summed E-state index contributed by atoms with van der Waals surface area (Å²) >= 11 is 0. The zero-order valence-electron chi connectivity index (χ0n) is 12.0. The maximum atomic E-state index is 12.0. The summed E-state index contributed by atoms with van der Waals surface area (Å²) in [5.41, 5.74) is 2.00. The Balaban J connectivity index is 1.94. The summed E-state index contributed by atoms with van der Waals surface area (Å²) in [7, 11) is 0. The third kappa shape index (κ3) is 3.66. The van der Waals surface area contributed by atoms with Crippen LogP contribution >= 0.6 is 0 Å². The molecule has 1 heterocycles. The van der Waals surface area contributed by atoms with Gasteiger partial charge in [0.05, 0.1) is 0 Å². The number of para-hydroxylation sites is 1. The summed E-state index contributed by atoms with van der Waals surface area (Å²) in [4.78, 5) is 16.0. The van der Waals surface area contributed by atoms with Crippen molar-refractivity contribution in [2.75, 3.05) is 5.32 Å². The lowest BCUT2D eigenvalue weighted by molar-refractivity contribution is -0.116. The highest BCUT2D eigenvalue weighted by molar-refractivity contribution is 5.91. The molecule has 5 nitrogen and oxygen atoms in total. The molecule has 0 saturated carbocycles. The fourth-order valence-corrected chi connectivity index (χ4v) is 1.99. The van der Waals surface area contributed by atoms with Crippen molar-refractivity contribution >= 4 is 11.6 Å². The number of hydrogen-bond acceptors (Lipinski definition) is 4. The summed E-state index contributed by atoms with van der Waals surface area (Å²) in [6.45, 7) is 5.96. The second kappa shape index (κ2) is 6.32. The van der Waals surface area contributed by atoms with Gasteiger partial charge in [-0.15, -0.1) is 0 Å². The standard InChI is InChI=1S/C15H19N3O2/c1-10(2)12-6-4-5-7-13(12)17-14(19)8-9-15-16-11(3)18-20-15/h4-7,10H,8-9H2,1-3H3,(H,17,19). The van der Waals surface area contributed by atoms with Gasteiger partial charge in [0.25, 0.3) is 0 Å². The monoisotopic (exact) mass is 273 g/mol. The molecule has 0 radical (unpaired) electrons. The maximum absolute atomic E-state index is 12.0. The Hall–Kier alpha value is -2.17. The molecular formula is C15H19N3O2. The minimum atomic E-state index is -0.0473. The van der Waals surface area contributed by atoms with Crippen molar-refractivity contribution in [2.24, 2.45) is 0 Å². The van der Waals surface area contributed by atoms with Crippen LogP contribution in [0.5, 0.6) is 0 Å². The van der Waals surface area contributed by atoms with Crippen molar-refractivity contribution in [3.8, 4) is 0 Å². The van der Waals surface area contributed by atoms with Gasteiger partial charge in [-0.05, 0) is 24.5 Å². The predicted octanol–water partition coefficient (Wildman–Crippen LogP) is 3.07. The van der Waals surface area contributed by atoms with Crippen LogP contribution in [0.15, 0.2) is 28.8 Å². The number of amides is 1. The fraction of sp³-hybridized carbons (Fsp3) is 0.400. The Morgan fingerprint density at radius 3 is 2.75 bits per heavy atom. The minimum Gasteiger partial charge on any atom is -0.339 e. The molecular weight excluding hydrogens is 254 g/mol. The first kappa shape index (κ1) is 14.2. The number of carbonyl (C=O) groups is 1. The van der Waals surface area contributed by atoms with Crippen LogP contribution in [0.3, 0.4) is 0 Å². The smallest absolute Gasteiger partial charge is 0.227 e. The van der Waals surface area contributed by atoms with Gasteiger partial charge in [-0.1, -0.05) is 37.2 Å². The first-order chi connectivity index (χ1) is 9.56. The lowest BCUT2D eigenvalue weighted by Crippen LogP contribution is -2.14. The Morgan fingerprint density at radius 2 is 2.10 bits per heavy atom. The van der Waals surface area contributed by atoms with E-state index in [9.17, 15) is 4.79 Å². The minimum absolute atomic E-state index is 0.0473. The van der Waals surface area contributed by atoms with Crippen molar-refractivity contribution in [2.45, 2.75) is 39.5 Å². The molecule has 2 rings (SSSR count). The molecule has 1 N–H and O–H groups in total. The van der Waals surface area contributed by atoms with Gasteiger partial charge in [-0.3, -0.25) is 4.79 Å². The lowest BCUT2D eigenvalue weighted by atomic mass is 10.0. The van der Waals surface area contributed by atoms with Gasteiger partial charge in [0.15, 0.2) is 5.82 Å². The Labute approximate surface area is 118 Å². The fourth-order valence-electron chi connectivity index (χ4n) is 1.99. The molecule has 2 aromatic rings. The number of aryl methyl sites for hydroxylation is 2. The summed E-state index contributed by atoms with van der Waals surface area (Å²) in [5, 5.41) is 6.64. The van der Waals surface area contributed by atoms with Crippen LogP contribution in [-0.2, 0) is 11.2 Å². The molecule has 0 aliphatic carbocycles. The first-order valence-electron chi connectivity index (χ1n) is 6.74. The van der Waals surface area contributed by atoms with E-state index in [-0.39, 0.29) is 5.91 Å². The van der Waals surface area contributed by atoms with Crippen LogP contribution in [0, 0.1) is 6.92 Å². The summed E-state index contributed by atoms with van der Waals surface area (Å²) in [6.07, 6.45) is 0.782. The van der Waals surface area contributed by atoms with E-state index in [1.807, 2.05) is 24.3 Å². The molecule has 106 valence electrons. The van der Waals surface area contributed by atoms with Gasteiger partial charge in [0.1, 0.15) is 0 Å². The third-order valence-electron chi connectivity index (χ3n) is 2.99. The second-order valence-electron chi connectivity index (χ2n) is 5.03. The maximum Gasteiger partial charge on any atom is 0.227 e. The molecule has 0 atom stereocenters. The molecule has 0 aliphatic heterocycles. The predicted molar refractivity (Wildman–Crippen MR) is 76.5 cm³/mol. The van der Waals surface area contributed by atoms with E-state index in [0.29, 0.717) is 30.5 Å². The van der Waals surface area contributed by atoms with E-state index in [0.717, 1.165) is 11.3 Å². The molecule has 0 fully saturated rings. The SMILES string of the molecule is Cc1noc(CCC(=O)Nc2ccccc2C(C)C)n1. The van der Waals surface area contributed by atoms with Gasteiger partial charge in [0.2, 0.25) is 11.8 Å². The molecule has 1 aromatic heterocycles. The van der Waals surface area contributed by atoms with Crippen molar-refractivity contribution in [1.82, 2.24) is 10.1 Å². The highest BCUT2D eigenvalue weighted by Crippen LogP contribution is 2.23. The number of benzene rings is 1. The average molecular weight is 273 g/mol. The van der Waals surface area contributed by atoms with Crippen LogP contribution in [-0.4, -0.2) is 16.0 Å². The third-order valence-corrected chi connectivity index (χ3v) is 2.99. The molecule has 0 aliphatic rings. The molecule has 0 saturated heterocycles. The van der Waals surface area contributed by atoms with E-state index in [1.165, 1.54) is 0 Å². The molecule has 0 unspecified atom stereocenters. The molecule has 0 spiro atoms. The number of rotatable bonds is 5. The van der Waals surface area contributed by atoms with Gasteiger partial charge < -0.3 is 9.84 Å². The Bertz CT molecular complexity index is 590. The second-order valence-corrected chi connectivity index (χ2v) is 5.03. The summed E-state index contributed by atoms with van der Waals surface area (Å²) in [5.74, 6) is 1.40. The van der Waals surface area contributed by atoms with Crippen molar-refractivity contribution < 1.29 is 9.32 Å². The summed E-state index contributed by atoms with van der Waals surface area (Å²) < 4.78 is 4.99. The molecule has 0 bridgehead atoms. The average Bonchev–Trinajstić information content (AvgIpc) is 2.83. The number of nitrogens with one attached hydrogen (secondary N) is 1. The van der Waals surface area contributed by atoms with Crippen molar-refractivity contribution in [3.05, 3.63) is 41.5 Å². The van der Waals surface area contributed by atoms with Crippen LogP contribution in [0.1, 0.15) is 43.5 Å².